The van der Waals surface area contributed by atoms with Gasteiger partial charge in [-0.2, -0.15) is 0 Å². The first kappa shape index (κ1) is 18.2. The fourth-order valence-electron chi connectivity index (χ4n) is 2.42. The fraction of sp³-hybridized carbons (Fsp3) is 0. The van der Waals surface area contributed by atoms with Crippen LogP contribution in [0.2, 0.25) is 0 Å². The first-order valence-electron chi connectivity index (χ1n) is 7.97. The van der Waals surface area contributed by atoms with Crippen LogP contribution in [0, 0.1) is 11.8 Å². The van der Waals surface area contributed by atoms with Crippen LogP contribution in [0.5, 0.6) is 0 Å². The average Bonchev–Trinajstić information content (AvgIpc) is 2.68. The Labute approximate surface area is 157 Å². The van der Waals surface area contributed by atoms with Crippen molar-refractivity contribution in [3.05, 3.63) is 84.4 Å². The fourth-order valence-corrected chi connectivity index (χ4v) is 3.48. The van der Waals surface area contributed by atoms with Gasteiger partial charge in [0.25, 0.3) is 10.0 Å². The highest BCUT2D eigenvalue weighted by molar-refractivity contribution is 7.92. The van der Waals surface area contributed by atoms with Crippen molar-refractivity contribution >= 4 is 21.7 Å². The first-order chi connectivity index (χ1) is 12.9. The predicted octanol–water partition coefficient (Wildman–Crippen LogP) is 3.59. The molecule has 3 aromatic carbocycles. The molecule has 0 saturated heterocycles. The lowest BCUT2D eigenvalue weighted by Gasteiger charge is -2.09. The Morgan fingerprint density at radius 1 is 0.815 bits per heavy atom. The minimum absolute atomic E-state index is 0.150. The molecular weight excluding hydrogens is 362 g/mol. The molecule has 0 fully saturated rings. The Hall–Kier alpha value is -3.56. The van der Waals surface area contributed by atoms with E-state index in [0.29, 0.717) is 11.3 Å². The van der Waals surface area contributed by atoms with Gasteiger partial charge in [-0.05, 0) is 47.5 Å². The second-order valence-corrected chi connectivity index (χ2v) is 7.31. The van der Waals surface area contributed by atoms with Gasteiger partial charge in [-0.3, -0.25) is 4.72 Å². The molecule has 0 aliphatic rings. The van der Waals surface area contributed by atoms with Gasteiger partial charge in [-0.1, -0.05) is 48.4 Å². The van der Waals surface area contributed by atoms with Gasteiger partial charge >= 0.3 is 5.97 Å². The van der Waals surface area contributed by atoms with Crippen LogP contribution >= 0.6 is 0 Å². The molecule has 3 aromatic rings. The van der Waals surface area contributed by atoms with Crippen molar-refractivity contribution in [2.24, 2.45) is 0 Å². The van der Waals surface area contributed by atoms with Crippen molar-refractivity contribution in [3.63, 3.8) is 0 Å². The number of carbonyl (C=O) groups is 1. The molecule has 0 bridgehead atoms. The summed E-state index contributed by atoms with van der Waals surface area (Å²) in [4.78, 5) is 10.6. The predicted molar refractivity (Wildman–Crippen MR) is 104 cm³/mol. The van der Waals surface area contributed by atoms with Gasteiger partial charge in [0.15, 0.2) is 0 Å². The van der Waals surface area contributed by atoms with Crippen LogP contribution in [0.4, 0.5) is 5.69 Å². The summed E-state index contributed by atoms with van der Waals surface area (Å²) in [7, 11) is -3.73. The van der Waals surface area contributed by atoms with E-state index in [9.17, 15) is 13.2 Å². The molecule has 2 N–H and O–H groups in total. The Morgan fingerprint density at radius 3 is 2.00 bits per heavy atom. The third-order valence-electron chi connectivity index (χ3n) is 3.72. The Bertz CT molecular complexity index is 1110. The minimum Gasteiger partial charge on any atom is -0.472 e. The highest BCUT2D eigenvalue weighted by atomic mass is 32.2. The number of rotatable bonds is 4. The van der Waals surface area contributed by atoms with Crippen molar-refractivity contribution in [2.75, 3.05) is 4.72 Å². The molecule has 0 aromatic heterocycles. The van der Waals surface area contributed by atoms with E-state index in [-0.39, 0.29) is 4.90 Å². The number of hydrogen-bond acceptors (Lipinski definition) is 3. The molecule has 0 aliphatic carbocycles. The molecule has 134 valence electrons. The van der Waals surface area contributed by atoms with Gasteiger partial charge in [0.1, 0.15) is 0 Å². The van der Waals surface area contributed by atoms with Crippen LogP contribution in [-0.4, -0.2) is 19.5 Å². The zero-order valence-corrected chi connectivity index (χ0v) is 14.9. The number of hydrogen-bond donors (Lipinski definition) is 2. The molecular formula is C21H15NO4S. The molecule has 0 atom stereocenters. The molecule has 0 aliphatic heterocycles. The molecule has 0 amide bonds. The lowest BCUT2D eigenvalue weighted by atomic mass is 10.1. The Kier molecular flexibility index (Phi) is 5.25. The molecule has 0 saturated carbocycles. The third-order valence-corrected chi connectivity index (χ3v) is 5.12. The van der Waals surface area contributed by atoms with Gasteiger partial charge in [0.05, 0.1) is 4.90 Å². The maximum atomic E-state index is 12.5. The largest absolute Gasteiger partial charge is 0.472 e. The van der Waals surface area contributed by atoms with Crippen molar-refractivity contribution in [3.8, 4) is 23.0 Å². The van der Waals surface area contributed by atoms with E-state index >= 15 is 0 Å². The van der Waals surface area contributed by atoms with Crippen LogP contribution in [-0.2, 0) is 14.8 Å². The second-order valence-electron chi connectivity index (χ2n) is 5.63. The summed E-state index contributed by atoms with van der Waals surface area (Å²) in [5.74, 6) is 3.24. The highest BCUT2D eigenvalue weighted by Gasteiger charge is 2.14. The second kappa shape index (κ2) is 7.77. The molecule has 0 unspecified atom stereocenters. The molecule has 27 heavy (non-hydrogen) atoms. The summed E-state index contributed by atoms with van der Waals surface area (Å²) < 4.78 is 27.6. The van der Waals surface area contributed by atoms with E-state index in [1.165, 1.54) is 12.1 Å². The highest BCUT2D eigenvalue weighted by Crippen LogP contribution is 2.22. The number of aliphatic carboxylic acids is 1. The van der Waals surface area contributed by atoms with Crippen molar-refractivity contribution in [2.45, 2.75) is 4.90 Å². The van der Waals surface area contributed by atoms with E-state index in [4.69, 9.17) is 5.11 Å². The topological polar surface area (TPSA) is 83.5 Å². The summed E-state index contributed by atoms with van der Waals surface area (Å²) >= 11 is 0. The van der Waals surface area contributed by atoms with E-state index < -0.39 is 16.0 Å². The molecule has 0 heterocycles. The number of sulfonamides is 1. The summed E-state index contributed by atoms with van der Waals surface area (Å²) in [5.41, 5.74) is 2.78. The zero-order chi connectivity index (χ0) is 19.3. The van der Waals surface area contributed by atoms with Crippen LogP contribution in [0.15, 0.2) is 83.8 Å². The summed E-state index contributed by atoms with van der Waals surface area (Å²) in [5, 5.41) is 8.54. The lowest BCUT2D eigenvalue weighted by molar-refractivity contribution is -0.130. The number of benzene rings is 3. The van der Waals surface area contributed by atoms with E-state index in [1.54, 1.807) is 36.4 Å². The number of carboxylic acids is 1. The minimum atomic E-state index is -3.73. The van der Waals surface area contributed by atoms with Gasteiger partial charge in [-0.25, -0.2) is 13.2 Å². The van der Waals surface area contributed by atoms with Crippen LogP contribution in [0.25, 0.3) is 11.1 Å². The molecule has 6 heteroatoms. The van der Waals surface area contributed by atoms with Crippen molar-refractivity contribution in [1.29, 1.82) is 0 Å². The van der Waals surface area contributed by atoms with E-state index in [2.05, 4.69) is 10.6 Å². The quantitative estimate of drug-likeness (QED) is 0.681. The van der Waals surface area contributed by atoms with Crippen LogP contribution in [0.3, 0.4) is 0 Å². The summed E-state index contributed by atoms with van der Waals surface area (Å²) in [6, 6.07) is 22.5. The summed E-state index contributed by atoms with van der Waals surface area (Å²) in [6.45, 7) is 0. The van der Waals surface area contributed by atoms with E-state index in [1.807, 2.05) is 36.3 Å². The van der Waals surface area contributed by atoms with Crippen molar-refractivity contribution < 1.29 is 18.3 Å². The van der Waals surface area contributed by atoms with Gasteiger partial charge in [0, 0.05) is 17.2 Å². The maximum Gasteiger partial charge on any atom is 0.382 e. The molecule has 5 nitrogen and oxygen atoms in total. The normalized spacial score (nSPS) is 10.5. The lowest BCUT2D eigenvalue weighted by Crippen LogP contribution is -2.12. The van der Waals surface area contributed by atoms with Crippen LogP contribution in [0.1, 0.15) is 5.56 Å². The Morgan fingerprint density at radius 2 is 1.41 bits per heavy atom. The van der Waals surface area contributed by atoms with Gasteiger partial charge < -0.3 is 5.11 Å². The first-order valence-corrected chi connectivity index (χ1v) is 9.46. The standard InChI is InChI=1S/C21H15NO4S/c23-21(24)15-8-16-6-11-19(12-7-16)22-27(25,26)20-13-9-18(10-14-20)17-4-2-1-3-5-17/h1-7,9-14,22H,(H,23,24). The number of anilines is 1. The summed E-state index contributed by atoms with van der Waals surface area (Å²) in [6.07, 6.45) is 0. The molecule has 0 radical (unpaired) electrons. The maximum absolute atomic E-state index is 12.5. The number of carboxylic acid groups (broad SMARTS) is 1. The van der Waals surface area contributed by atoms with Gasteiger partial charge in [0.2, 0.25) is 0 Å². The monoisotopic (exact) mass is 377 g/mol. The SMILES string of the molecule is O=C(O)C#Cc1ccc(NS(=O)(=O)c2ccc(-c3ccccc3)cc2)cc1. The zero-order valence-electron chi connectivity index (χ0n) is 14.1. The molecule has 3 rings (SSSR count). The number of nitrogens with one attached hydrogen (secondary N) is 1. The van der Waals surface area contributed by atoms with Gasteiger partial charge in [-0.15, -0.1) is 0 Å². The molecule has 0 spiro atoms. The van der Waals surface area contributed by atoms with Crippen molar-refractivity contribution in [1.82, 2.24) is 0 Å². The van der Waals surface area contributed by atoms with Crippen LogP contribution < -0.4 is 4.72 Å². The Balaban J connectivity index is 1.77. The van der Waals surface area contributed by atoms with E-state index in [0.717, 1.165) is 11.1 Å². The third kappa shape index (κ3) is 4.75. The smallest absolute Gasteiger partial charge is 0.382 e. The average molecular weight is 377 g/mol.